The first-order valence-corrected chi connectivity index (χ1v) is 21.6. The van der Waals surface area contributed by atoms with Crippen molar-refractivity contribution in [2.24, 2.45) is 0 Å². The van der Waals surface area contributed by atoms with Gasteiger partial charge in [-0.2, -0.15) is 0 Å². The first-order chi connectivity index (χ1) is 27.1. The van der Waals surface area contributed by atoms with Gasteiger partial charge < -0.3 is 25.0 Å². The van der Waals surface area contributed by atoms with Crippen LogP contribution in [0.25, 0.3) is 5.57 Å². The van der Waals surface area contributed by atoms with E-state index in [1.54, 1.807) is 50.1 Å². The number of benzene rings is 3. The maximum atomic E-state index is 14.9. The highest BCUT2D eigenvalue weighted by atomic mass is 35.5. The zero-order valence-corrected chi connectivity index (χ0v) is 36.3. The van der Waals surface area contributed by atoms with Crippen LogP contribution in [0.1, 0.15) is 56.7 Å². The minimum absolute atomic E-state index is 0.00207. The van der Waals surface area contributed by atoms with Gasteiger partial charge in [0.15, 0.2) is 11.2 Å². The number of β-lactam (4-membered cyclic amide) rings is 1. The summed E-state index contributed by atoms with van der Waals surface area (Å²) in [6, 6.07) is 23.8. The number of thiocarbonyl (C=S) groups is 1. The Kier molecular flexibility index (Phi) is 13.6. The van der Waals surface area contributed by atoms with Gasteiger partial charge >= 0.3 is 12.1 Å². The molecule has 57 heavy (non-hydrogen) atoms. The van der Waals surface area contributed by atoms with E-state index in [1.165, 1.54) is 46.7 Å². The summed E-state index contributed by atoms with van der Waals surface area (Å²) in [7, 11) is 0. The second-order valence-corrected chi connectivity index (χ2v) is 18.5. The number of hydrogen-bond acceptors (Lipinski definition) is 11. The topological polar surface area (TPSA) is 130 Å². The van der Waals surface area contributed by atoms with Crippen molar-refractivity contribution in [3.05, 3.63) is 117 Å². The number of thiazole rings is 1. The lowest BCUT2D eigenvalue weighted by atomic mass is 10.0. The maximum Gasteiger partial charge on any atom is 0.408 e. The summed E-state index contributed by atoms with van der Waals surface area (Å²) in [6.07, 6.45) is 0.157. The molecule has 11 nitrogen and oxygen atoms in total. The third-order valence-corrected chi connectivity index (χ3v) is 13.5. The second-order valence-electron chi connectivity index (χ2n) is 13.8. The molecule has 4 aromatic rings. The molecule has 298 valence electrons. The lowest BCUT2D eigenvalue weighted by Gasteiger charge is -2.51. The van der Waals surface area contributed by atoms with Crippen molar-refractivity contribution < 1.29 is 28.7 Å². The molecule has 0 bridgehead atoms. The van der Waals surface area contributed by atoms with Gasteiger partial charge in [-0.05, 0) is 57.0 Å². The molecule has 0 saturated carbocycles. The van der Waals surface area contributed by atoms with E-state index in [0.717, 1.165) is 16.0 Å². The third-order valence-electron chi connectivity index (χ3n) is 8.53. The van der Waals surface area contributed by atoms with E-state index >= 15 is 0 Å². The standard InChI is InChI=1S/C40H39Cl2N5O6S4/c1-6-46(29(54)21-44-39(51)53-40(3,4)5)38-43-20-28(56-38)30-31(37(50)52-32(23-13-9-7-10-14-23)24-15-11-8-12-16-24)47-35(49)33(36(47)57-34(30)45-22(2)48)55-25-17-18-26(41)27(42)19-25/h7-20,32-34,36H,6,21H2,1-5H3,(H,44,51)(H,45,48). The molecule has 2 aliphatic rings. The number of hydrogen-bond donors (Lipinski definition) is 2. The van der Waals surface area contributed by atoms with Gasteiger partial charge in [-0.15, -0.1) is 23.5 Å². The molecule has 6 rings (SSSR count). The van der Waals surface area contributed by atoms with Gasteiger partial charge in [0.2, 0.25) is 11.8 Å². The zero-order chi connectivity index (χ0) is 41.0. The predicted molar refractivity (Wildman–Crippen MR) is 232 cm³/mol. The van der Waals surface area contributed by atoms with E-state index < -0.39 is 39.8 Å². The van der Waals surface area contributed by atoms with Gasteiger partial charge in [0.05, 0.1) is 21.5 Å². The number of fused-ring (bicyclic) bond motifs is 1. The lowest BCUT2D eigenvalue weighted by molar-refractivity contribution is -0.151. The van der Waals surface area contributed by atoms with E-state index in [2.05, 4.69) is 15.6 Å². The van der Waals surface area contributed by atoms with Gasteiger partial charge in [0.1, 0.15) is 32.3 Å². The van der Waals surface area contributed by atoms with Gasteiger partial charge in [0.25, 0.3) is 0 Å². The van der Waals surface area contributed by atoms with Crippen molar-refractivity contribution in [2.45, 2.75) is 67.2 Å². The molecular weight excluding hydrogens is 846 g/mol. The Labute approximate surface area is 358 Å². The molecule has 1 saturated heterocycles. The van der Waals surface area contributed by atoms with Gasteiger partial charge in [-0.1, -0.05) is 107 Å². The fraction of sp³-hybridized carbons (Fsp3) is 0.300. The molecule has 3 unspecified atom stereocenters. The molecule has 3 heterocycles. The summed E-state index contributed by atoms with van der Waals surface area (Å²) >= 11 is 22.1. The minimum Gasteiger partial charge on any atom is -0.448 e. The molecule has 17 heteroatoms. The average molecular weight is 885 g/mol. The summed E-state index contributed by atoms with van der Waals surface area (Å²) in [5, 5.41) is 4.92. The number of ether oxygens (including phenoxy) is 2. The number of nitrogens with zero attached hydrogens (tertiary/aromatic N) is 3. The number of carbonyl (C=O) groups is 4. The highest BCUT2D eigenvalue weighted by molar-refractivity contribution is 8.05. The number of anilines is 1. The highest BCUT2D eigenvalue weighted by Crippen LogP contribution is 2.53. The van der Waals surface area contributed by atoms with E-state index in [9.17, 15) is 19.2 Å². The first-order valence-electron chi connectivity index (χ1n) is 17.8. The number of nitrogens with one attached hydrogen (secondary N) is 2. The smallest absolute Gasteiger partial charge is 0.408 e. The molecule has 3 aromatic carbocycles. The van der Waals surface area contributed by atoms with Gasteiger partial charge in [0, 0.05) is 30.1 Å². The van der Waals surface area contributed by atoms with E-state index in [1.807, 2.05) is 67.6 Å². The van der Waals surface area contributed by atoms with Crippen LogP contribution in [0.5, 0.6) is 0 Å². The second kappa shape index (κ2) is 18.2. The van der Waals surface area contributed by atoms with Crippen LogP contribution in [0.4, 0.5) is 9.93 Å². The summed E-state index contributed by atoms with van der Waals surface area (Å²) in [5.74, 6) is -1.42. The summed E-state index contributed by atoms with van der Waals surface area (Å²) in [5.41, 5.74) is 1.14. The quantitative estimate of drug-likeness (QED) is 0.0806. The Hall–Kier alpha value is -4.12. The zero-order valence-electron chi connectivity index (χ0n) is 31.5. The van der Waals surface area contributed by atoms with Crippen molar-refractivity contribution in [2.75, 3.05) is 18.0 Å². The number of rotatable bonds is 12. The maximum absolute atomic E-state index is 14.9. The third kappa shape index (κ3) is 9.95. The Morgan fingerprint density at radius 2 is 1.67 bits per heavy atom. The number of alkyl carbamates (subject to hydrolysis) is 1. The van der Waals surface area contributed by atoms with E-state index in [0.29, 0.717) is 37.2 Å². The monoisotopic (exact) mass is 883 g/mol. The molecular formula is C40H39Cl2N5O6S4. The Bertz CT molecular complexity index is 2160. The Morgan fingerprint density at radius 1 is 1.02 bits per heavy atom. The molecule has 0 radical (unpaired) electrons. The minimum atomic E-state index is -0.818. The molecule has 1 aromatic heterocycles. The number of carbonyl (C=O) groups excluding carboxylic acids is 4. The fourth-order valence-electron chi connectivity index (χ4n) is 6.06. The molecule has 2 aliphatic heterocycles. The number of amides is 3. The molecule has 0 spiro atoms. The Morgan fingerprint density at radius 3 is 2.25 bits per heavy atom. The number of aromatic nitrogens is 1. The molecule has 3 atom stereocenters. The Balaban J connectivity index is 1.41. The summed E-state index contributed by atoms with van der Waals surface area (Å²) in [4.78, 5) is 63.9. The van der Waals surface area contributed by atoms with Crippen molar-refractivity contribution in [3.8, 4) is 0 Å². The lowest BCUT2D eigenvalue weighted by Crippen LogP contribution is -2.65. The van der Waals surface area contributed by atoms with Gasteiger partial charge in [-0.3, -0.25) is 14.5 Å². The first kappa shape index (κ1) is 42.5. The number of likely N-dealkylation sites (N-methyl/N-ethyl adjacent to an activating group) is 1. The largest absolute Gasteiger partial charge is 0.448 e. The fourth-order valence-corrected chi connectivity index (χ4v) is 10.8. The van der Waals surface area contributed by atoms with Crippen molar-refractivity contribution in [1.29, 1.82) is 0 Å². The van der Waals surface area contributed by atoms with E-state index in [-0.39, 0.29) is 24.1 Å². The number of halogens is 2. The van der Waals surface area contributed by atoms with Crippen LogP contribution in [-0.2, 0) is 23.9 Å². The highest BCUT2D eigenvalue weighted by Gasteiger charge is 2.57. The summed E-state index contributed by atoms with van der Waals surface area (Å²) in [6.45, 7) is 9.02. The van der Waals surface area contributed by atoms with E-state index in [4.69, 9.17) is 44.9 Å². The average Bonchev–Trinajstić information content (AvgIpc) is 3.65. The van der Waals surface area contributed by atoms with Crippen LogP contribution >= 0.6 is 70.3 Å². The van der Waals surface area contributed by atoms with Gasteiger partial charge in [-0.25, -0.2) is 14.6 Å². The van der Waals surface area contributed by atoms with Crippen molar-refractivity contribution in [3.63, 3.8) is 0 Å². The van der Waals surface area contributed by atoms with Crippen LogP contribution in [0.2, 0.25) is 10.0 Å². The molecule has 2 N–H and O–H groups in total. The predicted octanol–water partition coefficient (Wildman–Crippen LogP) is 8.71. The van der Waals surface area contributed by atoms with Crippen LogP contribution in [-0.4, -0.2) is 73.4 Å². The normalized spacial score (nSPS) is 17.7. The SMILES string of the molecule is CCN(C(=S)CNC(=O)OC(C)(C)C)c1ncc(C2=C(C(=O)OC(c3ccccc3)c3ccccc3)N3C(=O)C(Sc4ccc(Cl)c(Cl)c4)C3SC2NC(C)=O)s1. The number of esters is 1. The molecule has 3 amide bonds. The van der Waals surface area contributed by atoms with Crippen LogP contribution in [0, 0.1) is 0 Å². The summed E-state index contributed by atoms with van der Waals surface area (Å²) < 4.78 is 11.8. The number of thioether (sulfide) groups is 2. The molecule has 1 fully saturated rings. The van der Waals surface area contributed by atoms with Crippen LogP contribution in [0.3, 0.4) is 0 Å². The molecule has 0 aliphatic carbocycles. The van der Waals surface area contributed by atoms with Crippen LogP contribution in [0.15, 0.2) is 95.7 Å². The van der Waals surface area contributed by atoms with Crippen molar-refractivity contribution in [1.82, 2.24) is 20.5 Å². The van der Waals surface area contributed by atoms with Crippen LogP contribution < -0.4 is 15.5 Å². The van der Waals surface area contributed by atoms with Crippen molar-refractivity contribution >= 4 is 110 Å².